The van der Waals surface area contributed by atoms with Crippen LogP contribution < -0.4 is 11.3 Å². The van der Waals surface area contributed by atoms with Gasteiger partial charge in [-0.3, -0.25) is 11.3 Å². The van der Waals surface area contributed by atoms with Crippen molar-refractivity contribution in [2.75, 3.05) is 0 Å². The van der Waals surface area contributed by atoms with Crippen LogP contribution in [-0.2, 0) is 6.42 Å². The van der Waals surface area contributed by atoms with Crippen LogP contribution in [0.3, 0.4) is 0 Å². The van der Waals surface area contributed by atoms with Crippen molar-refractivity contribution in [2.45, 2.75) is 51.5 Å². The van der Waals surface area contributed by atoms with E-state index in [1.807, 2.05) is 6.07 Å². The molecule has 1 fully saturated rings. The van der Waals surface area contributed by atoms with Crippen LogP contribution in [0, 0.1) is 17.7 Å². The quantitative estimate of drug-likeness (QED) is 0.632. The second kappa shape index (κ2) is 7.01. The Labute approximate surface area is 115 Å². The Morgan fingerprint density at radius 3 is 2.84 bits per heavy atom. The number of hydrazine groups is 1. The minimum absolute atomic E-state index is 0.163. The number of nitrogens with two attached hydrogens (primary N) is 1. The molecule has 0 aromatic heterocycles. The van der Waals surface area contributed by atoms with Crippen molar-refractivity contribution in [1.82, 2.24) is 5.43 Å². The first-order valence-electron chi connectivity index (χ1n) is 7.45. The highest BCUT2D eigenvalue weighted by molar-refractivity contribution is 5.17. The average molecular weight is 264 g/mol. The highest BCUT2D eigenvalue weighted by Gasteiger charge is 2.30. The van der Waals surface area contributed by atoms with E-state index in [0.29, 0.717) is 5.92 Å². The van der Waals surface area contributed by atoms with Crippen LogP contribution in [0.1, 0.15) is 44.6 Å². The van der Waals surface area contributed by atoms with E-state index >= 15 is 0 Å². The zero-order chi connectivity index (χ0) is 13.7. The summed E-state index contributed by atoms with van der Waals surface area (Å²) in [5.74, 6) is 6.97. The number of hydrogen-bond donors (Lipinski definition) is 2. The topological polar surface area (TPSA) is 38.0 Å². The van der Waals surface area contributed by atoms with Gasteiger partial charge < -0.3 is 0 Å². The molecule has 106 valence electrons. The number of hydrogen-bond acceptors (Lipinski definition) is 2. The highest BCUT2D eigenvalue weighted by Crippen LogP contribution is 2.35. The second-order valence-corrected chi connectivity index (χ2v) is 5.72. The van der Waals surface area contributed by atoms with Crippen molar-refractivity contribution in [2.24, 2.45) is 17.7 Å². The molecule has 1 aromatic rings. The fourth-order valence-corrected chi connectivity index (χ4v) is 3.52. The SMILES string of the molecule is CCC1CCCCC1C(Cc1cccc(F)c1)NN. The van der Waals surface area contributed by atoms with E-state index in [2.05, 4.69) is 12.3 Å². The summed E-state index contributed by atoms with van der Waals surface area (Å²) in [5, 5.41) is 0. The minimum Gasteiger partial charge on any atom is -0.271 e. The highest BCUT2D eigenvalue weighted by atomic mass is 19.1. The molecule has 3 heteroatoms. The van der Waals surface area contributed by atoms with Gasteiger partial charge >= 0.3 is 0 Å². The van der Waals surface area contributed by atoms with Gasteiger partial charge in [0.25, 0.3) is 0 Å². The van der Waals surface area contributed by atoms with Crippen molar-refractivity contribution in [3.8, 4) is 0 Å². The Bertz CT molecular complexity index is 394. The van der Waals surface area contributed by atoms with Crippen molar-refractivity contribution in [3.63, 3.8) is 0 Å². The molecular formula is C16H25FN2. The molecule has 3 unspecified atom stereocenters. The van der Waals surface area contributed by atoms with E-state index in [9.17, 15) is 4.39 Å². The molecule has 1 aliphatic carbocycles. The third kappa shape index (κ3) is 3.77. The summed E-state index contributed by atoms with van der Waals surface area (Å²) in [5.41, 5.74) is 4.01. The maximum absolute atomic E-state index is 13.3. The van der Waals surface area contributed by atoms with E-state index < -0.39 is 0 Å². The second-order valence-electron chi connectivity index (χ2n) is 5.72. The summed E-state index contributed by atoms with van der Waals surface area (Å²) in [6, 6.07) is 7.12. The lowest BCUT2D eigenvalue weighted by atomic mass is 9.73. The third-order valence-electron chi connectivity index (χ3n) is 4.57. The Balaban J connectivity index is 2.06. The third-order valence-corrected chi connectivity index (χ3v) is 4.57. The molecule has 0 spiro atoms. The molecule has 0 amide bonds. The molecule has 1 aromatic carbocycles. The number of benzene rings is 1. The van der Waals surface area contributed by atoms with Crippen molar-refractivity contribution < 1.29 is 4.39 Å². The Hall–Kier alpha value is -0.930. The summed E-state index contributed by atoms with van der Waals surface area (Å²) < 4.78 is 13.3. The molecule has 3 atom stereocenters. The monoisotopic (exact) mass is 264 g/mol. The van der Waals surface area contributed by atoms with E-state index in [0.717, 1.165) is 17.9 Å². The first-order chi connectivity index (χ1) is 9.24. The maximum atomic E-state index is 13.3. The van der Waals surface area contributed by atoms with Crippen molar-refractivity contribution in [1.29, 1.82) is 0 Å². The zero-order valence-corrected chi connectivity index (χ0v) is 11.7. The number of nitrogens with one attached hydrogen (secondary N) is 1. The molecule has 0 radical (unpaired) electrons. The van der Waals surface area contributed by atoms with Crippen molar-refractivity contribution >= 4 is 0 Å². The predicted molar refractivity (Wildman–Crippen MR) is 77.0 cm³/mol. The molecule has 2 rings (SSSR count). The van der Waals surface area contributed by atoms with Gasteiger partial charge in [-0.05, 0) is 42.4 Å². The Kier molecular flexibility index (Phi) is 5.34. The van der Waals surface area contributed by atoms with Crippen LogP contribution in [-0.4, -0.2) is 6.04 Å². The summed E-state index contributed by atoms with van der Waals surface area (Å²) >= 11 is 0. The lowest BCUT2D eigenvalue weighted by molar-refractivity contribution is 0.174. The van der Waals surface area contributed by atoms with Gasteiger partial charge in [-0.25, -0.2) is 4.39 Å². The molecular weight excluding hydrogens is 239 g/mol. The molecule has 0 aliphatic heterocycles. The standard InChI is InChI=1S/C16H25FN2/c1-2-13-7-3-4-9-15(13)16(19-18)11-12-6-5-8-14(17)10-12/h5-6,8,10,13,15-16,19H,2-4,7,9,11,18H2,1H3. The molecule has 0 bridgehead atoms. The van der Waals surface area contributed by atoms with Gasteiger partial charge in [-0.1, -0.05) is 44.7 Å². The lowest BCUT2D eigenvalue weighted by Gasteiger charge is -2.36. The van der Waals surface area contributed by atoms with Crippen LogP contribution in [0.4, 0.5) is 4.39 Å². The van der Waals surface area contributed by atoms with Crippen LogP contribution in [0.25, 0.3) is 0 Å². The van der Waals surface area contributed by atoms with E-state index in [1.54, 1.807) is 12.1 Å². The van der Waals surface area contributed by atoms with Gasteiger partial charge in [0.15, 0.2) is 0 Å². The smallest absolute Gasteiger partial charge is 0.123 e. The van der Waals surface area contributed by atoms with Crippen molar-refractivity contribution in [3.05, 3.63) is 35.6 Å². The summed E-state index contributed by atoms with van der Waals surface area (Å²) in [6.07, 6.45) is 7.21. The average Bonchev–Trinajstić information content (AvgIpc) is 2.45. The van der Waals surface area contributed by atoms with E-state index in [4.69, 9.17) is 5.84 Å². The first kappa shape index (κ1) is 14.5. The molecule has 1 aliphatic rings. The first-order valence-corrected chi connectivity index (χ1v) is 7.45. The Morgan fingerprint density at radius 1 is 1.37 bits per heavy atom. The molecule has 0 heterocycles. The zero-order valence-electron chi connectivity index (χ0n) is 11.7. The largest absolute Gasteiger partial charge is 0.271 e. The van der Waals surface area contributed by atoms with Crippen LogP contribution >= 0.6 is 0 Å². The molecule has 0 saturated heterocycles. The molecule has 2 nitrogen and oxygen atoms in total. The summed E-state index contributed by atoms with van der Waals surface area (Å²) in [6.45, 7) is 2.26. The minimum atomic E-state index is -0.163. The molecule has 1 saturated carbocycles. The van der Waals surface area contributed by atoms with E-state index in [-0.39, 0.29) is 11.9 Å². The predicted octanol–water partition coefficient (Wildman–Crippen LogP) is 3.42. The van der Waals surface area contributed by atoms with Gasteiger partial charge in [0.2, 0.25) is 0 Å². The fourth-order valence-electron chi connectivity index (χ4n) is 3.52. The van der Waals surface area contributed by atoms with Crippen LogP contribution in [0.2, 0.25) is 0 Å². The van der Waals surface area contributed by atoms with E-state index in [1.165, 1.54) is 38.2 Å². The van der Waals surface area contributed by atoms with Crippen LogP contribution in [0.5, 0.6) is 0 Å². The lowest BCUT2D eigenvalue weighted by Crippen LogP contribution is -2.46. The summed E-state index contributed by atoms with van der Waals surface area (Å²) in [7, 11) is 0. The Morgan fingerprint density at radius 2 is 2.16 bits per heavy atom. The number of halogens is 1. The molecule has 3 N–H and O–H groups in total. The number of rotatable bonds is 5. The van der Waals surface area contributed by atoms with Crippen LogP contribution in [0.15, 0.2) is 24.3 Å². The van der Waals surface area contributed by atoms with Gasteiger partial charge in [0.1, 0.15) is 5.82 Å². The molecule has 19 heavy (non-hydrogen) atoms. The van der Waals surface area contributed by atoms with Gasteiger partial charge in [-0.15, -0.1) is 0 Å². The van der Waals surface area contributed by atoms with Gasteiger partial charge in [0.05, 0.1) is 0 Å². The summed E-state index contributed by atoms with van der Waals surface area (Å²) in [4.78, 5) is 0. The normalized spacial score (nSPS) is 25.2. The maximum Gasteiger partial charge on any atom is 0.123 e. The van der Waals surface area contributed by atoms with Gasteiger partial charge in [-0.2, -0.15) is 0 Å². The fraction of sp³-hybridized carbons (Fsp3) is 0.625. The van der Waals surface area contributed by atoms with Gasteiger partial charge in [0, 0.05) is 6.04 Å².